The first kappa shape index (κ1) is 27.9. The first-order valence-electron chi connectivity index (χ1n) is 12.0. The van der Waals surface area contributed by atoms with Crippen LogP contribution >= 0.6 is 11.3 Å². The monoisotopic (exact) mass is 523 g/mol. The molecule has 0 unspecified atom stereocenters. The van der Waals surface area contributed by atoms with Gasteiger partial charge in [-0.1, -0.05) is 0 Å². The van der Waals surface area contributed by atoms with E-state index in [4.69, 9.17) is 0 Å². The SMILES string of the molecule is C[C@H]1CCCN1C(=O)c1nc(C(=O)N[C@H](C)C(C)(C)O)sc1-c1cnc(NC(C)(C)C)cc1C(F)F. The summed E-state index contributed by atoms with van der Waals surface area (Å²) < 4.78 is 28.4. The van der Waals surface area contributed by atoms with Crippen LogP contribution in [0.2, 0.25) is 0 Å². The molecule has 36 heavy (non-hydrogen) atoms. The van der Waals surface area contributed by atoms with Crippen LogP contribution in [-0.2, 0) is 0 Å². The summed E-state index contributed by atoms with van der Waals surface area (Å²) in [4.78, 5) is 36.9. The van der Waals surface area contributed by atoms with Crippen molar-refractivity contribution in [1.82, 2.24) is 20.2 Å². The molecule has 3 rings (SSSR count). The molecule has 1 aliphatic heterocycles. The molecule has 11 heteroatoms. The van der Waals surface area contributed by atoms with Crippen LogP contribution < -0.4 is 10.6 Å². The average molecular weight is 524 g/mol. The predicted octanol–water partition coefficient (Wildman–Crippen LogP) is 4.87. The number of alkyl halides is 2. The van der Waals surface area contributed by atoms with Crippen molar-refractivity contribution in [3.8, 4) is 10.4 Å². The van der Waals surface area contributed by atoms with E-state index in [1.165, 1.54) is 12.3 Å². The third-order valence-corrected chi connectivity index (χ3v) is 7.25. The maximum Gasteiger partial charge on any atom is 0.280 e. The Bertz CT molecular complexity index is 1120. The van der Waals surface area contributed by atoms with Gasteiger partial charge in [-0.2, -0.15) is 0 Å². The van der Waals surface area contributed by atoms with E-state index in [2.05, 4.69) is 20.6 Å². The molecule has 198 valence electrons. The number of aliphatic hydroxyl groups is 1. The van der Waals surface area contributed by atoms with Crippen molar-refractivity contribution in [2.45, 2.75) is 91.0 Å². The minimum Gasteiger partial charge on any atom is -0.388 e. The molecule has 2 aromatic heterocycles. The number of pyridine rings is 1. The summed E-state index contributed by atoms with van der Waals surface area (Å²) in [7, 11) is 0. The van der Waals surface area contributed by atoms with Crippen molar-refractivity contribution in [3.63, 3.8) is 0 Å². The van der Waals surface area contributed by atoms with Gasteiger partial charge in [-0.15, -0.1) is 11.3 Å². The van der Waals surface area contributed by atoms with Gasteiger partial charge in [0.05, 0.1) is 16.5 Å². The predicted molar refractivity (Wildman–Crippen MR) is 137 cm³/mol. The lowest BCUT2D eigenvalue weighted by Gasteiger charge is -2.26. The molecule has 0 aromatic carbocycles. The van der Waals surface area contributed by atoms with E-state index >= 15 is 0 Å². The summed E-state index contributed by atoms with van der Waals surface area (Å²) in [5, 5.41) is 15.9. The Hall–Kier alpha value is -2.66. The van der Waals surface area contributed by atoms with Crippen molar-refractivity contribution in [3.05, 3.63) is 28.5 Å². The Kier molecular flexibility index (Phi) is 8.04. The van der Waals surface area contributed by atoms with Gasteiger partial charge < -0.3 is 20.6 Å². The maximum atomic E-state index is 14.2. The molecule has 3 N–H and O–H groups in total. The summed E-state index contributed by atoms with van der Waals surface area (Å²) in [6.45, 7) is 12.9. The molecule has 0 spiro atoms. The fourth-order valence-electron chi connectivity index (χ4n) is 3.84. The first-order valence-corrected chi connectivity index (χ1v) is 12.8. The second-order valence-electron chi connectivity index (χ2n) is 10.9. The summed E-state index contributed by atoms with van der Waals surface area (Å²) in [5.41, 5.74) is -1.88. The third kappa shape index (κ3) is 6.36. The Balaban J connectivity index is 2.11. The van der Waals surface area contributed by atoms with Crippen LogP contribution in [0.5, 0.6) is 0 Å². The van der Waals surface area contributed by atoms with Crippen LogP contribution in [0.3, 0.4) is 0 Å². The van der Waals surface area contributed by atoms with Crippen LogP contribution in [-0.4, -0.2) is 61.6 Å². The smallest absolute Gasteiger partial charge is 0.280 e. The highest BCUT2D eigenvalue weighted by atomic mass is 32.1. The lowest BCUT2D eigenvalue weighted by molar-refractivity contribution is 0.0408. The summed E-state index contributed by atoms with van der Waals surface area (Å²) in [5.74, 6) is -0.719. The molecular formula is C25H35F2N5O3S. The largest absolute Gasteiger partial charge is 0.388 e. The number of anilines is 1. The van der Waals surface area contributed by atoms with E-state index in [0.717, 1.165) is 24.2 Å². The van der Waals surface area contributed by atoms with E-state index in [-0.39, 0.29) is 38.6 Å². The Morgan fingerprint density at radius 3 is 2.44 bits per heavy atom. The van der Waals surface area contributed by atoms with Crippen molar-refractivity contribution in [1.29, 1.82) is 0 Å². The lowest BCUT2D eigenvalue weighted by atomic mass is 10.0. The number of thiazole rings is 1. The molecule has 3 heterocycles. The zero-order valence-electron chi connectivity index (χ0n) is 21.8. The van der Waals surface area contributed by atoms with Crippen LogP contribution in [0.1, 0.15) is 93.6 Å². The Morgan fingerprint density at radius 2 is 1.92 bits per heavy atom. The van der Waals surface area contributed by atoms with Gasteiger partial charge in [-0.3, -0.25) is 9.59 Å². The number of carbonyl (C=O) groups excluding carboxylic acids is 2. The summed E-state index contributed by atoms with van der Waals surface area (Å²) in [6.07, 6.45) is 0.124. The highest BCUT2D eigenvalue weighted by Gasteiger charge is 2.34. The van der Waals surface area contributed by atoms with Crippen molar-refractivity contribution < 1.29 is 23.5 Å². The first-order chi connectivity index (χ1) is 16.6. The molecule has 1 saturated heterocycles. The molecule has 0 radical (unpaired) electrons. The maximum absolute atomic E-state index is 14.2. The number of rotatable bonds is 7. The number of carbonyl (C=O) groups is 2. The van der Waals surface area contributed by atoms with Crippen LogP contribution in [0.25, 0.3) is 10.4 Å². The number of nitrogens with zero attached hydrogens (tertiary/aromatic N) is 3. The standard InChI is InChI=1S/C25H35F2N5O3S/c1-13-9-8-10-32(13)23(34)18-19(36-22(30-18)21(33)29-14(2)25(6,7)35)16-12-28-17(31-24(3,4)5)11-15(16)20(26)27/h11-14,20,35H,8-10H2,1-7H3,(H,28,31)(H,29,33)/t13-,14+/m0/s1. The van der Waals surface area contributed by atoms with E-state index in [1.54, 1.807) is 25.7 Å². The van der Waals surface area contributed by atoms with Gasteiger partial charge in [0.2, 0.25) is 0 Å². The van der Waals surface area contributed by atoms with Gasteiger partial charge in [0, 0.05) is 35.4 Å². The number of halogens is 2. The third-order valence-electron chi connectivity index (χ3n) is 6.16. The van der Waals surface area contributed by atoms with Gasteiger partial charge in [-0.25, -0.2) is 18.7 Å². The number of aromatic nitrogens is 2. The minimum absolute atomic E-state index is 0.0226. The Morgan fingerprint density at radius 1 is 1.25 bits per heavy atom. The molecule has 0 saturated carbocycles. The van der Waals surface area contributed by atoms with E-state index in [0.29, 0.717) is 6.54 Å². The topological polar surface area (TPSA) is 107 Å². The second-order valence-corrected chi connectivity index (χ2v) is 11.9. The molecule has 8 nitrogen and oxygen atoms in total. The fraction of sp³-hybridized carbons (Fsp3) is 0.600. The summed E-state index contributed by atoms with van der Waals surface area (Å²) in [6, 6.07) is 0.634. The Labute approximate surface area is 214 Å². The highest BCUT2D eigenvalue weighted by molar-refractivity contribution is 7.17. The van der Waals surface area contributed by atoms with Gasteiger partial charge in [0.1, 0.15) is 11.5 Å². The number of nitrogens with one attached hydrogen (secondary N) is 2. The van der Waals surface area contributed by atoms with Crippen molar-refractivity contribution in [2.24, 2.45) is 0 Å². The lowest BCUT2D eigenvalue weighted by Crippen LogP contribution is -2.47. The molecule has 1 fully saturated rings. The fourth-order valence-corrected chi connectivity index (χ4v) is 4.84. The quantitative estimate of drug-likeness (QED) is 0.478. The zero-order valence-corrected chi connectivity index (χ0v) is 22.6. The van der Waals surface area contributed by atoms with Gasteiger partial charge in [-0.05, 0) is 67.4 Å². The number of hydrogen-bond acceptors (Lipinski definition) is 7. The normalized spacial score (nSPS) is 17.4. The molecule has 0 aliphatic carbocycles. The molecule has 2 atom stereocenters. The van der Waals surface area contributed by atoms with Crippen molar-refractivity contribution in [2.75, 3.05) is 11.9 Å². The van der Waals surface area contributed by atoms with E-state index in [1.807, 2.05) is 27.7 Å². The van der Waals surface area contributed by atoms with Crippen LogP contribution in [0, 0.1) is 0 Å². The van der Waals surface area contributed by atoms with Gasteiger partial charge >= 0.3 is 0 Å². The molecule has 0 bridgehead atoms. The molecule has 2 amide bonds. The number of likely N-dealkylation sites (tertiary alicyclic amines) is 1. The average Bonchev–Trinajstić information content (AvgIpc) is 3.38. The minimum atomic E-state index is -2.84. The molecule has 1 aliphatic rings. The number of hydrogen-bond donors (Lipinski definition) is 3. The second kappa shape index (κ2) is 10.4. The van der Waals surface area contributed by atoms with Crippen molar-refractivity contribution >= 4 is 29.0 Å². The van der Waals surface area contributed by atoms with Gasteiger partial charge in [0.15, 0.2) is 5.01 Å². The summed E-state index contributed by atoms with van der Waals surface area (Å²) >= 11 is 0.866. The van der Waals surface area contributed by atoms with Gasteiger partial charge in [0.25, 0.3) is 18.2 Å². The molecular weight excluding hydrogens is 488 g/mol. The number of amides is 2. The van der Waals surface area contributed by atoms with E-state index in [9.17, 15) is 23.5 Å². The van der Waals surface area contributed by atoms with Crippen LogP contribution in [0.4, 0.5) is 14.6 Å². The highest BCUT2D eigenvalue weighted by Crippen LogP contribution is 2.39. The van der Waals surface area contributed by atoms with E-state index < -0.39 is 35.4 Å². The molecule has 2 aromatic rings. The van der Waals surface area contributed by atoms with Crippen LogP contribution in [0.15, 0.2) is 12.3 Å². The zero-order chi connectivity index (χ0) is 27.0.